The Labute approximate surface area is 115 Å². The molecule has 1 N–H and O–H groups in total. The smallest absolute Gasteiger partial charge is 0.0946 e. The van der Waals surface area contributed by atoms with Crippen LogP contribution in [0.2, 0.25) is 0 Å². The van der Waals surface area contributed by atoms with Crippen LogP contribution in [0.1, 0.15) is 57.6 Å². The predicted octanol–water partition coefficient (Wildman–Crippen LogP) is 3.51. The lowest BCUT2D eigenvalue weighted by Crippen LogP contribution is -2.38. The lowest BCUT2D eigenvalue weighted by Gasteiger charge is -2.37. The zero-order chi connectivity index (χ0) is 13.7. The second-order valence-electron chi connectivity index (χ2n) is 7.23. The molecular formula is C17H24O2. The zero-order valence-electron chi connectivity index (χ0n) is 12.1. The first-order valence-electron chi connectivity index (χ1n) is 7.36. The third-order valence-corrected chi connectivity index (χ3v) is 4.59. The van der Waals surface area contributed by atoms with Gasteiger partial charge in [-0.05, 0) is 29.4 Å². The maximum atomic E-state index is 11.0. The molecule has 2 nitrogen and oxygen atoms in total. The third-order valence-electron chi connectivity index (χ3n) is 4.59. The van der Waals surface area contributed by atoms with Gasteiger partial charge >= 0.3 is 0 Å². The van der Waals surface area contributed by atoms with Crippen LogP contribution in [-0.2, 0) is 15.8 Å². The summed E-state index contributed by atoms with van der Waals surface area (Å²) in [5.41, 5.74) is 1.79. The summed E-state index contributed by atoms with van der Waals surface area (Å²) >= 11 is 0. The molecule has 2 saturated heterocycles. The minimum absolute atomic E-state index is 0.122. The lowest BCUT2D eigenvalue weighted by molar-refractivity contribution is -0.115. The van der Waals surface area contributed by atoms with E-state index in [4.69, 9.17) is 4.74 Å². The van der Waals surface area contributed by atoms with Crippen molar-refractivity contribution in [1.29, 1.82) is 0 Å². The number of hydrogen-bond acceptors (Lipinski definition) is 2. The molecule has 2 aliphatic heterocycles. The molecule has 2 unspecified atom stereocenters. The summed E-state index contributed by atoms with van der Waals surface area (Å²) in [5.74, 6) is 0. The fourth-order valence-electron chi connectivity index (χ4n) is 3.43. The molecule has 104 valence electrons. The number of aliphatic hydroxyl groups is 1. The molecule has 1 aromatic rings. The monoisotopic (exact) mass is 260 g/mol. The van der Waals surface area contributed by atoms with Crippen LogP contribution in [0.25, 0.3) is 0 Å². The summed E-state index contributed by atoms with van der Waals surface area (Å²) in [7, 11) is 0. The molecule has 0 aromatic heterocycles. The van der Waals surface area contributed by atoms with Gasteiger partial charge in [-0.15, -0.1) is 0 Å². The number of fused-ring (bicyclic) bond motifs is 2. The van der Waals surface area contributed by atoms with Crippen LogP contribution in [0, 0.1) is 0 Å². The molecule has 2 bridgehead atoms. The standard InChI is InChI=1S/C17H24O2/c1-16(2,3)12-5-4-6-13(9-12)17(18)10-14-7-8-15(11-17)19-14/h4-6,9,14-15,18H,7-8,10-11H2,1-3H3. The van der Waals surface area contributed by atoms with Crippen LogP contribution in [0.3, 0.4) is 0 Å². The van der Waals surface area contributed by atoms with E-state index >= 15 is 0 Å². The fourth-order valence-corrected chi connectivity index (χ4v) is 3.43. The van der Waals surface area contributed by atoms with Gasteiger partial charge in [-0.3, -0.25) is 0 Å². The van der Waals surface area contributed by atoms with Crippen molar-refractivity contribution in [2.45, 2.75) is 69.7 Å². The minimum atomic E-state index is -0.689. The van der Waals surface area contributed by atoms with Crippen LogP contribution in [-0.4, -0.2) is 17.3 Å². The van der Waals surface area contributed by atoms with Gasteiger partial charge in [0.1, 0.15) is 0 Å². The second-order valence-corrected chi connectivity index (χ2v) is 7.23. The third kappa shape index (κ3) is 2.44. The Bertz CT molecular complexity index is 460. The Balaban J connectivity index is 1.93. The highest BCUT2D eigenvalue weighted by atomic mass is 16.5. The van der Waals surface area contributed by atoms with Gasteiger partial charge in [-0.25, -0.2) is 0 Å². The first kappa shape index (κ1) is 13.1. The molecule has 19 heavy (non-hydrogen) atoms. The Morgan fingerprint density at radius 1 is 1.16 bits per heavy atom. The molecule has 1 aromatic carbocycles. The maximum absolute atomic E-state index is 11.0. The van der Waals surface area contributed by atoms with Gasteiger partial charge < -0.3 is 9.84 Å². The summed E-state index contributed by atoms with van der Waals surface area (Å²) in [6, 6.07) is 8.48. The summed E-state index contributed by atoms with van der Waals surface area (Å²) in [6.45, 7) is 6.64. The molecule has 0 radical (unpaired) electrons. The molecule has 2 heteroatoms. The minimum Gasteiger partial charge on any atom is -0.385 e. The van der Waals surface area contributed by atoms with Gasteiger partial charge in [-0.1, -0.05) is 45.0 Å². The molecule has 2 fully saturated rings. The van der Waals surface area contributed by atoms with Gasteiger partial charge in [-0.2, -0.15) is 0 Å². The van der Waals surface area contributed by atoms with Crippen LogP contribution in [0.15, 0.2) is 24.3 Å². The first-order chi connectivity index (χ1) is 8.87. The average Bonchev–Trinajstić information content (AvgIpc) is 2.68. The van der Waals surface area contributed by atoms with E-state index in [0.29, 0.717) is 0 Å². The lowest BCUT2D eigenvalue weighted by atomic mass is 9.79. The maximum Gasteiger partial charge on any atom is 0.0946 e. The van der Waals surface area contributed by atoms with Gasteiger partial charge in [0, 0.05) is 12.8 Å². The summed E-state index contributed by atoms with van der Waals surface area (Å²) in [5, 5.41) is 11.0. The average molecular weight is 260 g/mol. The number of benzene rings is 1. The van der Waals surface area contributed by atoms with E-state index in [2.05, 4.69) is 45.0 Å². The number of ether oxygens (including phenoxy) is 1. The Kier molecular flexibility index (Phi) is 2.99. The Morgan fingerprint density at radius 2 is 1.79 bits per heavy atom. The fraction of sp³-hybridized carbons (Fsp3) is 0.647. The number of hydrogen-bond donors (Lipinski definition) is 1. The molecule has 0 saturated carbocycles. The molecule has 0 aliphatic carbocycles. The Hall–Kier alpha value is -0.860. The van der Waals surface area contributed by atoms with Gasteiger partial charge in [0.2, 0.25) is 0 Å². The van der Waals surface area contributed by atoms with Crippen molar-refractivity contribution in [1.82, 2.24) is 0 Å². The van der Waals surface area contributed by atoms with Crippen molar-refractivity contribution < 1.29 is 9.84 Å². The molecule has 2 aliphatic rings. The van der Waals surface area contributed by atoms with Crippen molar-refractivity contribution in [2.75, 3.05) is 0 Å². The summed E-state index contributed by atoms with van der Waals surface area (Å²) in [4.78, 5) is 0. The van der Waals surface area contributed by atoms with Crippen molar-refractivity contribution in [3.8, 4) is 0 Å². The van der Waals surface area contributed by atoms with Crippen LogP contribution >= 0.6 is 0 Å². The van der Waals surface area contributed by atoms with Gasteiger partial charge in [0.15, 0.2) is 0 Å². The first-order valence-corrected chi connectivity index (χ1v) is 7.36. The highest BCUT2D eigenvalue weighted by Crippen LogP contribution is 2.44. The summed E-state index contributed by atoms with van der Waals surface area (Å²) < 4.78 is 5.85. The SMILES string of the molecule is CC(C)(C)c1cccc(C2(O)CC3CCC(C2)O3)c1. The van der Waals surface area contributed by atoms with Gasteiger partial charge in [0.25, 0.3) is 0 Å². The molecule has 2 heterocycles. The largest absolute Gasteiger partial charge is 0.385 e. The Morgan fingerprint density at radius 3 is 2.37 bits per heavy atom. The van der Waals surface area contributed by atoms with Crippen LogP contribution in [0.5, 0.6) is 0 Å². The van der Waals surface area contributed by atoms with E-state index in [1.807, 2.05) is 0 Å². The molecule has 2 atom stereocenters. The van der Waals surface area contributed by atoms with Crippen LogP contribution < -0.4 is 0 Å². The zero-order valence-corrected chi connectivity index (χ0v) is 12.1. The van der Waals surface area contributed by atoms with Gasteiger partial charge in [0.05, 0.1) is 17.8 Å². The molecule has 0 amide bonds. The molecule has 0 spiro atoms. The predicted molar refractivity (Wildman–Crippen MR) is 76.2 cm³/mol. The molecule has 3 rings (SSSR count). The number of rotatable bonds is 1. The van der Waals surface area contributed by atoms with E-state index < -0.39 is 5.60 Å². The topological polar surface area (TPSA) is 29.5 Å². The van der Waals surface area contributed by atoms with E-state index in [9.17, 15) is 5.11 Å². The van der Waals surface area contributed by atoms with E-state index in [1.165, 1.54) is 5.56 Å². The second kappa shape index (κ2) is 4.32. The van der Waals surface area contributed by atoms with Crippen molar-refractivity contribution in [3.63, 3.8) is 0 Å². The van der Waals surface area contributed by atoms with E-state index in [0.717, 1.165) is 31.2 Å². The van der Waals surface area contributed by atoms with Crippen molar-refractivity contribution >= 4 is 0 Å². The van der Waals surface area contributed by atoms with E-state index in [1.54, 1.807) is 0 Å². The molecular weight excluding hydrogens is 236 g/mol. The van der Waals surface area contributed by atoms with Crippen LogP contribution in [0.4, 0.5) is 0 Å². The van der Waals surface area contributed by atoms with Crippen molar-refractivity contribution in [3.05, 3.63) is 35.4 Å². The highest BCUT2D eigenvalue weighted by molar-refractivity contribution is 5.33. The summed E-state index contributed by atoms with van der Waals surface area (Å²) in [6.07, 6.45) is 4.20. The normalized spacial score (nSPS) is 34.5. The van der Waals surface area contributed by atoms with Crippen molar-refractivity contribution in [2.24, 2.45) is 0 Å². The van der Waals surface area contributed by atoms with E-state index in [-0.39, 0.29) is 17.6 Å². The highest BCUT2D eigenvalue weighted by Gasteiger charge is 2.44. The quantitative estimate of drug-likeness (QED) is 0.837.